The third-order valence-electron chi connectivity index (χ3n) is 2.09. The van der Waals surface area contributed by atoms with Gasteiger partial charge in [-0.15, -0.1) is 6.58 Å². The fourth-order valence-corrected chi connectivity index (χ4v) is 1.45. The van der Waals surface area contributed by atoms with Crippen LogP contribution in [0.4, 0.5) is 0 Å². The van der Waals surface area contributed by atoms with Crippen LogP contribution in [0.25, 0.3) is 0 Å². The number of nitrogens with two attached hydrogens (primary N) is 1. The standard InChI is InChI=1S/C12H16ClNO2/c1-2-3-9-6-10(13)4-5-12(9)16-8-11(15)7-14/h2,4-6,11,15H,1,3,7-8,14H2. The van der Waals surface area contributed by atoms with Gasteiger partial charge in [-0.05, 0) is 30.2 Å². The van der Waals surface area contributed by atoms with E-state index in [4.69, 9.17) is 22.1 Å². The lowest BCUT2D eigenvalue weighted by molar-refractivity contribution is 0.113. The lowest BCUT2D eigenvalue weighted by atomic mass is 10.1. The van der Waals surface area contributed by atoms with E-state index in [1.54, 1.807) is 18.2 Å². The van der Waals surface area contributed by atoms with Crippen LogP contribution in [0.1, 0.15) is 5.56 Å². The molecule has 0 aliphatic carbocycles. The van der Waals surface area contributed by atoms with Gasteiger partial charge in [0.15, 0.2) is 0 Å². The fraction of sp³-hybridized carbons (Fsp3) is 0.333. The number of benzene rings is 1. The van der Waals surface area contributed by atoms with Gasteiger partial charge in [0.05, 0.1) is 0 Å². The molecule has 3 nitrogen and oxygen atoms in total. The SMILES string of the molecule is C=CCc1cc(Cl)ccc1OCC(O)CN. The zero-order valence-electron chi connectivity index (χ0n) is 9.03. The first-order chi connectivity index (χ1) is 7.67. The molecule has 0 saturated carbocycles. The number of aliphatic hydroxyl groups excluding tert-OH is 1. The summed E-state index contributed by atoms with van der Waals surface area (Å²) in [4.78, 5) is 0. The Hall–Kier alpha value is -1.03. The summed E-state index contributed by atoms with van der Waals surface area (Å²) in [5.41, 5.74) is 6.24. The Morgan fingerprint density at radius 3 is 2.94 bits per heavy atom. The Balaban J connectivity index is 2.73. The topological polar surface area (TPSA) is 55.5 Å². The molecule has 88 valence electrons. The van der Waals surface area contributed by atoms with Crippen molar-refractivity contribution in [1.82, 2.24) is 0 Å². The van der Waals surface area contributed by atoms with Crippen molar-refractivity contribution in [3.05, 3.63) is 41.4 Å². The van der Waals surface area contributed by atoms with Crippen molar-refractivity contribution in [3.63, 3.8) is 0 Å². The maximum atomic E-state index is 9.30. The largest absolute Gasteiger partial charge is 0.491 e. The molecule has 0 bridgehead atoms. The lowest BCUT2D eigenvalue weighted by Crippen LogP contribution is -2.26. The van der Waals surface area contributed by atoms with Gasteiger partial charge < -0.3 is 15.6 Å². The summed E-state index contributed by atoms with van der Waals surface area (Å²) >= 11 is 5.88. The first-order valence-corrected chi connectivity index (χ1v) is 5.45. The molecule has 4 heteroatoms. The Kier molecular flexibility index (Phi) is 5.32. The minimum atomic E-state index is -0.646. The second-order valence-electron chi connectivity index (χ2n) is 3.45. The molecule has 1 rings (SSSR count). The van der Waals surface area contributed by atoms with E-state index in [1.165, 1.54) is 0 Å². The van der Waals surface area contributed by atoms with Crippen molar-refractivity contribution >= 4 is 11.6 Å². The fourth-order valence-electron chi connectivity index (χ4n) is 1.26. The molecule has 0 fully saturated rings. The smallest absolute Gasteiger partial charge is 0.123 e. The van der Waals surface area contributed by atoms with Crippen molar-refractivity contribution in [3.8, 4) is 5.75 Å². The molecule has 0 aliphatic rings. The monoisotopic (exact) mass is 241 g/mol. The summed E-state index contributed by atoms with van der Waals surface area (Å²) < 4.78 is 5.46. The first-order valence-electron chi connectivity index (χ1n) is 5.07. The summed E-state index contributed by atoms with van der Waals surface area (Å²) in [6.07, 6.45) is 1.80. The van der Waals surface area contributed by atoms with Gasteiger partial charge in [0.1, 0.15) is 18.5 Å². The van der Waals surface area contributed by atoms with E-state index in [0.717, 1.165) is 5.56 Å². The number of rotatable bonds is 6. The highest BCUT2D eigenvalue weighted by Gasteiger charge is 2.06. The van der Waals surface area contributed by atoms with Crippen molar-refractivity contribution < 1.29 is 9.84 Å². The van der Waals surface area contributed by atoms with E-state index in [-0.39, 0.29) is 13.2 Å². The van der Waals surface area contributed by atoms with E-state index in [9.17, 15) is 5.11 Å². The molecule has 1 unspecified atom stereocenters. The molecule has 16 heavy (non-hydrogen) atoms. The number of allylic oxidation sites excluding steroid dienone is 1. The molecular weight excluding hydrogens is 226 g/mol. The van der Waals surface area contributed by atoms with Crippen LogP contribution in [0, 0.1) is 0 Å². The van der Waals surface area contributed by atoms with Gasteiger partial charge in [-0.3, -0.25) is 0 Å². The third-order valence-corrected chi connectivity index (χ3v) is 2.33. The molecule has 0 saturated heterocycles. The Morgan fingerprint density at radius 2 is 2.31 bits per heavy atom. The van der Waals surface area contributed by atoms with Crippen LogP contribution in [-0.2, 0) is 6.42 Å². The van der Waals surface area contributed by atoms with E-state index in [2.05, 4.69) is 6.58 Å². The normalized spacial score (nSPS) is 12.2. The van der Waals surface area contributed by atoms with E-state index < -0.39 is 6.10 Å². The number of hydrogen-bond donors (Lipinski definition) is 2. The van der Waals surface area contributed by atoms with E-state index in [0.29, 0.717) is 17.2 Å². The molecule has 0 heterocycles. The number of aliphatic hydroxyl groups is 1. The predicted molar refractivity (Wildman–Crippen MR) is 65.9 cm³/mol. The average Bonchev–Trinajstić information content (AvgIpc) is 2.28. The van der Waals surface area contributed by atoms with Crippen LogP contribution in [0.3, 0.4) is 0 Å². The molecule has 0 aliphatic heterocycles. The second-order valence-corrected chi connectivity index (χ2v) is 3.88. The Bertz CT molecular complexity index is 355. The van der Waals surface area contributed by atoms with Crippen LogP contribution in [-0.4, -0.2) is 24.4 Å². The zero-order valence-corrected chi connectivity index (χ0v) is 9.78. The molecular formula is C12H16ClNO2. The van der Waals surface area contributed by atoms with Crippen molar-refractivity contribution in [2.45, 2.75) is 12.5 Å². The molecule has 0 radical (unpaired) electrons. The van der Waals surface area contributed by atoms with Gasteiger partial charge in [0.2, 0.25) is 0 Å². The molecule has 1 aromatic rings. The van der Waals surface area contributed by atoms with Crippen molar-refractivity contribution in [2.75, 3.05) is 13.2 Å². The van der Waals surface area contributed by atoms with Crippen molar-refractivity contribution in [2.24, 2.45) is 5.73 Å². The molecule has 3 N–H and O–H groups in total. The summed E-state index contributed by atoms with van der Waals surface area (Å²) in [6, 6.07) is 5.36. The van der Waals surface area contributed by atoms with Gasteiger partial charge in [0.25, 0.3) is 0 Å². The summed E-state index contributed by atoms with van der Waals surface area (Å²) in [6.45, 7) is 4.04. The molecule has 0 spiro atoms. The van der Waals surface area contributed by atoms with Gasteiger partial charge in [-0.2, -0.15) is 0 Å². The first kappa shape index (κ1) is 13.0. The van der Waals surface area contributed by atoms with Crippen molar-refractivity contribution in [1.29, 1.82) is 0 Å². The summed E-state index contributed by atoms with van der Waals surface area (Å²) in [7, 11) is 0. The van der Waals surface area contributed by atoms with E-state index >= 15 is 0 Å². The highest BCUT2D eigenvalue weighted by atomic mass is 35.5. The summed E-state index contributed by atoms with van der Waals surface area (Å²) in [5, 5.41) is 9.95. The number of halogens is 1. The quantitative estimate of drug-likeness (QED) is 0.747. The minimum absolute atomic E-state index is 0.183. The Labute approximate surface area is 100 Å². The van der Waals surface area contributed by atoms with Crippen LogP contribution in [0.2, 0.25) is 5.02 Å². The minimum Gasteiger partial charge on any atom is -0.491 e. The van der Waals surface area contributed by atoms with Crippen LogP contribution in [0.5, 0.6) is 5.75 Å². The molecule has 0 amide bonds. The lowest BCUT2D eigenvalue weighted by Gasteiger charge is -2.13. The highest BCUT2D eigenvalue weighted by molar-refractivity contribution is 6.30. The number of ether oxygens (including phenoxy) is 1. The van der Waals surface area contributed by atoms with Crippen LogP contribution in [0.15, 0.2) is 30.9 Å². The average molecular weight is 242 g/mol. The van der Waals surface area contributed by atoms with E-state index in [1.807, 2.05) is 6.07 Å². The predicted octanol–water partition coefficient (Wildman–Crippen LogP) is 1.77. The Morgan fingerprint density at radius 1 is 1.56 bits per heavy atom. The number of hydrogen-bond acceptors (Lipinski definition) is 3. The highest BCUT2D eigenvalue weighted by Crippen LogP contribution is 2.23. The summed E-state index contributed by atoms with van der Waals surface area (Å²) in [5.74, 6) is 0.705. The van der Waals surface area contributed by atoms with Gasteiger partial charge in [0, 0.05) is 11.6 Å². The van der Waals surface area contributed by atoms with Gasteiger partial charge in [-0.25, -0.2) is 0 Å². The second kappa shape index (κ2) is 6.53. The third kappa shape index (κ3) is 3.85. The molecule has 0 aromatic heterocycles. The maximum Gasteiger partial charge on any atom is 0.123 e. The molecule has 1 atom stereocenters. The molecule has 1 aromatic carbocycles. The van der Waals surface area contributed by atoms with Gasteiger partial charge in [-0.1, -0.05) is 17.7 Å². The maximum absolute atomic E-state index is 9.30. The van der Waals surface area contributed by atoms with Crippen LogP contribution >= 0.6 is 11.6 Å². The van der Waals surface area contributed by atoms with Gasteiger partial charge >= 0.3 is 0 Å². The van der Waals surface area contributed by atoms with Crippen LogP contribution < -0.4 is 10.5 Å². The zero-order chi connectivity index (χ0) is 12.0.